The maximum absolute atomic E-state index is 12.2. The third-order valence-corrected chi connectivity index (χ3v) is 5.24. The van der Waals surface area contributed by atoms with Gasteiger partial charge in [0.05, 0.1) is 24.1 Å². The third-order valence-electron chi connectivity index (χ3n) is 4.20. The minimum atomic E-state index is -1.22. The molecule has 4 rings (SSSR count). The molecule has 1 aromatic heterocycles. The second-order valence-electron chi connectivity index (χ2n) is 5.98. The molecule has 27 heavy (non-hydrogen) atoms. The van der Waals surface area contributed by atoms with Crippen LogP contribution in [0.1, 0.15) is 16.1 Å². The van der Waals surface area contributed by atoms with Crippen molar-refractivity contribution in [3.8, 4) is 11.3 Å². The number of nitrogens with zero attached hydrogens (tertiary/aromatic N) is 2. The summed E-state index contributed by atoms with van der Waals surface area (Å²) < 4.78 is 11.1. The van der Waals surface area contributed by atoms with Crippen molar-refractivity contribution < 1.29 is 23.8 Å². The van der Waals surface area contributed by atoms with Gasteiger partial charge in [-0.3, -0.25) is 4.79 Å². The van der Waals surface area contributed by atoms with Crippen LogP contribution in [0.15, 0.2) is 50.7 Å². The standard InChI is InChI=1S/C19H16N2O5S/c22-17-16(27-19(20-17)21-7-9-25-10-8-21)11-14-5-6-15(26-14)12-1-3-13(4-2-12)18(23)24/h1-6,11H,7-10H2,(H,23,24)/p-1/b16-11+. The van der Waals surface area contributed by atoms with E-state index in [1.807, 2.05) is 4.90 Å². The number of thioether (sulfide) groups is 1. The molecule has 8 heteroatoms. The molecule has 138 valence electrons. The second-order valence-corrected chi connectivity index (χ2v) is 6.99. The molecule has 7 nitrogen and oxygen atoms in total. The summed E-state index contributed by atoms with van der Waals surface area (Å²) >= 11 is 1.33. The van der Waals surface area contributed by atoms with E-state index < -0.39 is 5.97 Å². The summed E-state index contributed by atoms with van der Waals surface area (Å²) in [6.07, 6.45) is 1.67. The number of hydrogen-bond acceptors (Lipinski definition) is 7. The number of aromatic carboxylic acids is 1. The normalized spacial score (nSPS) is 18.8. The Hall–Kier alpha value is -2.84. The summed E-state index contributed by atoms with van der Waals surface area (Å²) in [5.41, 5.74) is 0.841. The number of carbonyl (C=O) groups excluding carboxylic acids is 2. The van der Waals surface area contributed by atoms with E-state index in [2.05, 4.69) is 4.99 Å². The Bertz CT molecular complexity index is 939. The van der Waals surface area contributed by atoms with Gasteiger partial charge in [0.1, 0.15) is 11.5 Å². The molecular formula is C19H15N2O5S-. The highest BCUT2D eigenvalue weighted by molar-refractivity contribution is 8.18. The Morgan fingerprint density at radius 2 is 1.89 bits per heavy atom. The maximum Gasteiger partial charge on any atom is 0.286 e. The molecule has 1 amide bonds. The molecule has 2 aliphatic heterocycles. The Balaban J connectivity index is 1.49. The van der Waals surface area contributed by atoms with Crippen molar-refractivity contribution >= 4 is 34.9 Å². The summed E-state index contributed by atoms with van der Waals surface area (Å²) in [5, 5.41) is 11.5. The number of carbonyl (C=O) groups is 2. The Morgan fingerprint density at radius 1 is 1.15 bits per heavy atom. The molecule has 0 radical (unpaired) electrons. The van der Waals surface area contributed by atoms with Gasteiger partial charge in [0, 0.05) is 24.7 Å². The van der Waals surface area contributed by atoms with Gasteiger partial charge in [-0.25, -0.2) is 0 Å². The molecular weight excluding hydrogens is 368 g/mol. The fraction of sp³-hybridized carbons (Fsp3) is 0.211. The molecule has 0 N–H and O–H groups in total. The quantitative estimate of drug-likeness (QED) is 0.743. The van der Waals surface area contributed by atoms with E-state index in [-0.39, 0.29) is 11.5 Å². The van der Waals surface area contributed by atoms with Crippen molar-refractivity contribution in [2.45, 2.75) is 0 Å². The first kappa shape index (κ1) is 17.6. The van der Waals surface area contributed by atoms with E-state index in [1.165, 1.54) is 23.9 Å². The minimum absolute atomic E-state index is 0.105. The van der Waals surface area contributed by atoms with Crippen molar-refractivity contribution in [2.24, 2.45) is 4.99 Å². The monoisotopic (exact) mass is 383 g/mol. The number of furan rings is 1. The molecule has 0 saturated carbocycles. The van der Waals surface area contributed by atoms with Gasteiger partial charge >= 0.3 is 0 Å². The van der Waals surface area contributed by atoms with Crippen molar-refractivity contribution in [1.82, 2.24) is 4.90 Å². The van der Waals surface area contributed by atoms with E-state index in [1.54, 1.807) is 30.3 Å². The predicted molar refractivity (Wildman–Crippen MR) is 98.9 cm³/mol. The van der Waals surface area contributed by atoms with Crippen LogP contribution < -0.4 is 5.11 Å². The van der Waals surface area contributed by atoms with Crippen molar-refractivity contribution in [3.63, 3.8) is 0 Å². The Morgan fingerprint density at radius 3 is 2.59 bits per heavy atom. The van der Waals surface area contributed by atoms with Crippen LogP contribution in [0.2, 0.25) is 0 Å². The smallest absolute Gasteiger partial charge is 0.286 e. The van der Waals surface area contributed by atoms with E-state index in [0.29, 0.717) is 34.8 Å². The molecule has 3 heterocycles. The number of amides is 1. The molecule has 0 bridgehead atoms. The maximum atomic E-state index is 12.2. The van der Waals surface area contributed by atoms with Gasteiger partial charge in [0.2, 0.25) is 0 Å². The number of hydrogen-bond donors (Lipinski definition) is 0. The molecule has 0 atom stereocenters. The number of morpholine rings is 1. The lowest BCUT2D eigenvalue weighted by molar-refractivity contribution is -0.255. The summed E-state index contributed by atoms with van der Waals surface area (Å²) in [6, 6.07) is 9.75. The average molecular weight is 383 g/mol. The lowest BCUT2D eigenvalue weighted by atomic mass is 10.1. The summed E-state index contributed by atoms with van der Waals surface area (Å²) in [7, 11) is 0. The molecule has 1 saturated heterocycles. The number of carboxylic acid groups (broad SMARTS) is 1. The van der Waals surface area contributed by atoms with Crippen LogP contribution in [0.4, 0.5) is 0 Å². The number of rotatable bonds is 3. The van der Waals surface area contributed by atoms with Gasteiger partial charge < -0.3 is 24.0 Å². The zero-order chi connectivity index (χ0) is 18.8. The number of ether oxygens (including phenoxy) is 1. The first-order valence-corrected chi connectivity index (χ1v) is 9.19. The highest BCUT2D eigenvalue weighted by Crippen LogP contribution is 2.32. The van der Waals surface area contributed by atoms with Gasteiger partial charge in [0.25, 0.3) is 5.91 Å². The number of benzene rings is 1. The van der Waals surface area contributed by atoms with E-state index >= 15 is 0 Å². The molecule has 0 unspecified atom stereocenters. The van der Waals surface area contributed by atoms with Gasteiger partial charge in [0.15, 0.2) is 5.17 Å². The first-order valence-electron chi connectivity index (χ1n) is 8.37. The molecule has 1 fully saturated rings. The fourth-order valence-electron chi connectivity index (χ4n) is 2.77. The average Bonchev–Trinajstić information content (AvgIpc) is 3.30. The van der Waals surface area contributed by atoms with Crippen LogP contribution in [-0.2, 0) is 9.53 Å². The highest BCUT2D eigenvalue weighted by Gasteiger charge is 2.27. The minimum Gasteiger partial charge on any atom is -0.545 e. The number of carboxylic acids is 1. The van der Waals surface area contributed by atoms with Crippen molar-refractivity contribution in [3.05, 3.63) is 52.6 Å². The SMILES string of the molecule is O=C1N=C(N2CCOCC2)S/C1=C/c1ccc(-c2ccc(C(=O)[O-])cc2)o1. The van der Waals surface area contributed by atoms with E-state index in [4.69, 9.17) is 9.15 Å². The zero-order valence-electron chi connectivity index (χ0n) is 14.2. The lowest BCUT2D eigenvalue weighted by Crippen LogP contribution is -2.38. The predicted octanol–water partition coefficient (Wildman–Crippen LogP) is 1.61. The lowest BCUT2D eigenvalue weighted by Gasteiger charge is -2.27. The van der Waals surface area contributed by atoms with Crippen LogP contribution in [0, 0.1) is 0 Å². The number of amidine groups is 1. The summed E-state index contributed by atoms with van der Waals surface area (Å²) in [6.45, 7) is 2.70. The summed E-state index contributed by atoms with van der Waals surface area (Å²) in [5.74, 6) is -0.392. The van der Waals surface area contributed by atoms with E-state index in [9.17, 15) is 14.7 Å². The van der Waals surface area contributed by atoms with Crippen molar-refractivity contribution in [2.75, 3.05) is 26.3 Å². The van der Waals surface area contributed by atoms with Crippen LogP contribution in [0.25, 0.3) is 17.4 Å². The molecule has 2 aromatic rings. The van der Waals surface area contributed by atoms with Crippen molar-refractivity contribution in [1.29, 1.82) is 0 Å². The van der Waals surface area contributed by atoms with Crippen LogP contribution >= 0.6 is 11.8 Å². The van der Waals surface area contributed by atoms with Gasteiger partial charge in [-0.1, -0.05) is 24.3 Å². The molecule has 0 spiro atoms. The first-order chi connectivity index (χ1) is 13.1. The largest absolute Gasteiger partial charge is 0.545 e. The number of aliphatic imine (C=N–C) groups is 1. The van der Waals surface area contributed by atoms with E-state index in [0.717, 1.165) is 18.7 Å². The fourth-order valence-corrected chi connectivity index (χ4v) is 3.72. The Labute approximate surface area is 159 Å². The Kier molecular flexibility index (Phi) is 4.83. The molecule has 1 aromatic carbocycles. The van der Waals surface area contributed by atoms with Crippen LogP contribution in [0.3, 0.4) is 0 Å². The molecule has 2 aliphatic rings. The van der Waals surface area contributed by atoms with Gasteiger partial charge in [-0.2, -0.15) is 4.99 Å². The molecule has 0 aliphatic carbocycles. The van der Waals surface area contributed by atoms with Crippen LogP contribution in [0.5, 0.6) is 0 Å². The van der Waals surface area contributed by atoms with Gasteiger partial charge in [-0.15, -0.1) is 0 Å². The van der Waals surface area contributed by atoms with Crippen LogP contribution in [-0.4, -0.2) is 48.2 Å². The highest BCUT2D eigenvalue weighted by atomic mass is 32.2. The zero-order valence-corrected chi connectivity index (χ0v) is 15.0. The summed E-state index contributed by atoms with van der Waals surface area (Å²) in [4.78, 5) is 29.7. The third kappa shape index (κ3) is 3.81. The second kappa shape index (κ2) is 7.42. The topological polar surface area (TPSA) is 95.2 Å². The van der Waals surface area contributed by atoms with Gasteiger partial charge in [-0.05, 0) is 29.5 Å².